The van der Waals surface area contributed by atoms with E-state index in [9.17, 15) is 4.79 Å². The van der Waals surface area contributed by atoms with Crippen molar-refractivity contribution >= 4 is 17.2 Å². The van der Waals surface area contributed by atoms with Crippen LogP contribution in [0.15, 0.2) is 28.1 Å². The highest BCUT2D eigenvalue weighted by Gasteiger charge is 2.34. The van der Waals surface area contributed by atoms with Crippen LogP contribution in [0.3, 0.4) is 0 Å². The molecule has 0 radical (unpaired) electrons. The van der Waals surface area contributed by atoms with Gasteiger partial charge in [0.2, 0.25) is 5.89 Å². The van der Waals surface area contributed by atoms with Crippen molar-refractivity contribution in [2.45, 2.75) is 31.7 Å². The molecule has 1 aliphatic heterocycles. The van der Waals surface area contributed by atoms with Crippen LogP contribution in [-0.2, 0) is 18.2 Å². The van der Waals surface area contributed by atoms with Crippen LogP contribution in [0.25, 0.3) is 10.6 Å². The van der Waals surface area contributed by atoms with Crippen molar-refractivity contribution in [3.05, 3.63) is 41.0 Å². The Hall–Kier alpha value is -2.52. The van der Waals surface area contributed by atoms with Gasteiger partial charge >= 0.3 is 0 Å². The number of aryl methyl sites for hydroxylation is 1. The van der Waals surface area contributed by atoms with E-state index in [1.165, 1.54) is 0 Å². The van der Waals surface area contributed by atoms with Crippen LogP contribution in [-0.4, -0.2) is 51.0 Å². The first-order valence-electron chi connectivity index (χ1n) is 9.37. The topological polar surface area (TPSA) is 86.3 Å². The molecule has 148 valence electrons. The third-order valence-corrected chi connectivity index (χ3v) is 5.83. The van der Waals surface area contributed by atoms with Gasteiger partial charge in [-0.3, -0.25) is 9.48 Å². The minimum Gasteiger partial charge on any atom is -0.384 e. The minimum absolute atomic E-state index is 0.0563. The first kappa shape index (κ1) is 18.8. The normalized spacial score (nSPS) is 17.2. The number of rotatable bonds is 6. The highest BCUT2D eigenvalue weighted by atomic mass is 32.1. The third kappa shape index (κ3) is 3.72. The van der Waals surface area contributed by atoms with E-state index in [-0.39, 0.29) is 11.9 Å². The minimum atomic E-state index is -0.204. The Kier molecular flexibility index (Phi) is 5.54. The maximum Gasteiger partial charge on any atom is 0.272 e. The maximum atomic E-state index is 13.3. The molecule has 3 aromatic rings. The van der Waals surface area contributed by atoms with Gasteiger partial charge in [-0.25, -0.2) is 0 Å². The molecule has 1 fully saturated rings. The van der Waals surface area contributed by atoms with Crippen molar-refractivity contribution in [3.8, 4) is 10.6 Å². The van der Waals surface area contributed by atoms with Gasteiger partial charge in [-0.05, 0) is 36.8 Å². The monoisotopic (exact) mass is 401 g/mol. The maximum absolute atomic E-state index is 13.3. The molecule has 0 N–H and O–H groups in total. The van der Waals surface area contributed by atoms with E-state index in [4.69, 9.17) is 9.26 Å². The summed E-state index contributed by atoms with van der Waals surface area (Å²) in [6.07, 6.45) is 3.39. The number of hydrogen-bond acceptors (Lipinski definition) is 7. The summed E-state index contributed by atoms with van der Waals surface area (Å²) in [6, 6.07) is 5.64. The van der Waals surface area contributed by atoms with Crippen molar-refractivity contribution < 1.29 is 14.1 Å². The average molecular weight is 401 g/mol. The molecule has 4 heterocycles. The second kappa shape index (κ2) is 8.24. The Balaban J connectivity index is 1.57. The Morgan fingerprint density at radius 3 is 3.11 bits per heavy atom. The number of ether oxygens (including phenoxy) is 1. The lowest BCUT2D eigenvalue weighted by Gasteiger charge is -2.33. The highest BCUT2D eigenvalue weighted by Crippen LogP contribution is 2.32. The molecule has 4 rings (SSSR count). The van der Waals surface area contributed by atoms with Gasteiger partial charge in [0.15, 0.2) is 5.82 Å². The zero-order valence-electron chi connectivity index (χ0n) is 16.0. The molecule has 0 aliphatic carbocycles. The predicted octanol–water partition coefficient (Wildman–Crippen LogP) is 3.09. The number of methoxy groups -OCH3 is 1. The Morgan fingerprint density at radius 1 is 1.43 bits per heavy atom. The summed E-state index contributed by atoms with van der Waals surface area (Å²) in [5, 5.41) is 10.6. The van der Waals surface area contributed by atoms with Crippen LogP contribution in [0, 0.1) is 0 Å². The van der Waals surface area contributed by atoms with Crippen LogP contribution >= 0.6 is 11.3 Å². The highest BCUT2D eigenvalue weighted by molar-refractivity contribution is 7.13. The molecular formula is C19H23N5O3S. The van der Waals surface area contributed by atoms with Gasteiger partial charge in [0, 0.05) is 27.1 Å². The molecule has 28 heavy (non-hydrogen) atoms. The van der Waals surface area contributed by atoms with Gasteiger partial charge in [0.05, 0.1) is 11.5 Å². The van der Waals surface area contributed by atoms with Gasteiger partial charge < -0.3 is 14.2 Å². The number of likely N-dealkylation sites (tertiary alicyclic amines) is 1. The van der Waals surface area contributed by atoms with Crippen LogP contribution in [0.5, 0.6) is 0 Å². The van der Waals surface area contributed by atoms with Crippen LogP contribution in [0.2, 0.25) is 0 Å². The summed E-state index contributed by atoms with van der Waals surface area (Å²) < 4.78 is 12.2. The van der Waals surface area contributed by atoms with E-state index in [0.717, 1.165) is 29.8 Å². The summed E-state index contributed by atoms with van der Waals surface area (Å²) in [5.74, 6) is 1.05. The van der Waals surface area contributed by atoms with Crippen molar-refractivity contribution in [1.29, 1.82) is 0 Å². The van der Waals surface area contributed by atoms with Gasteiger partial charge in [-0.2, -0.15) is 10.1 Å². The fraction of sp³-hybridized carbons (Fsp3) is 0.474. The first-order chi connectivity index (χ1) is 13.7. The molecule has 1 amide bonds. The van der Waals surface area contributed by atoms with Crippen LogP contribution in [0.1, 0.15) is 47.5 Å². The molecule has 0 bridgehead atoms. The Morgan fingerprint density at radius 2 is 2.32 bits per heavy atom. The summed E-state index contributed by atoms with van der Waals surface area (Å²) >= 11 is 1.61. The summed E-state index contributed by atoms with van der Waals surface area (Å²) in [5.41, 5.74) is 1.38. The second-order valence-corrected chi connectivity index (χ2v) is 7.77. The van der Waals surface area contributed by atoms with Crippen molar-refractivity contribution in [3.63, 3.8) is 0 Å². The number of hydrogen-bond donors (Lipinski definition) is 0. The molecule has 0 aromatic carbocycles. The number of thiophene rings is 1. The molecule has 3 aromatic heterocycles. The number of nitrogens with zero attached hydrogens (tertiary/aromatic N) is 5. The lowest BCUT2D eigenvalue weighted by Crippen LogP contribution is -2.39. The molecule has 1 aliphatic rings. The first-order valence-corrected chi connectivity index (χ1v) is 10.3. The molecule has 0 saturated carbocycles. The lowest BCUT2D eigenvalue weighted by molar-refractivity contribution is 0.0550. The van der Waals surface area contributed by atoms with Crippen LogP contribution in [0.4, 0.5) is 0 Å². The number of amides is 1. The number of aromatic nitrogens is 4. The molecule has 1 saturated heterocycles. The molecule has 9 heteroatoms. The number of carbonyl (C=O) groups is 1. The Labute approximate surface area is 167 Å². The largest absolute Gasteiger partial charge is 0.384 e. The number of carbonyl (C=O) groups excluding carboxylic acids is 1. The van der Waals surface area contributed by atoms with E-state index in [1.54, 1.807) is 30.2 Å². The molecule has 0 spiro atoms. The molecule has 1 unspecified atom stereocenters. The van der Waals surface area contributed by atoms with E-state index in [1.807, 2.05) is 28.5 Å². The van der Waals surface area contributed by atoms with Gasteiger partial charge in [-0.1, -0.05) is 11.2 Å². The van der Waals surface area contributed by atoms with E-state index >= 15 is 0 Å². The second-order valence-electron chi connectivity index (χ2n) is 6.82. The molecular weight excluding hydrogens is 378 g/mol. The summed E-state index contributed by atoms with van der Waals surface area (Å²) in [7, 11) is 3.44. The van der Waals surface area contributed by atoms with Crippen molar-refractivity contribution in [1.82, 2.24) is 24.8 Å². The van der Waals surface area contributed by atoms with Crippen LogP contribution < -0.4 is 0 Å². The third-order valence-electron chi connectivity index (χ3n) is 4.93. The Bertz CT molecular complexity index is 933. The van der Waals surface area contributed by atoms with Crippen molar-refractivity contribution in [2.24, 2.45) is 7.05 Å². The van der Waals surface area contributed by atoms with Crippen molar-refractivity contribution in [2.75, 3.05) is 20.3 Å². The number of piperidine rings is 1. The average Bonchev–Trinajstić information content (AvgIpc) is 3.46. The van der Waals surface area contributed by atoms with E-state index in [2.05, 4.69) is 15.2 Å². The smallest absolute Gasteiger partial charge is 0.272 e. The molecule has 1 atom stereocenters. The standard InChI is InChI=1S/C19H23N5O3S/c1-23-15(12-13(21-23)16-7-5-11-28-16)19(25)24-9-4-3-6-14(24)18-20-17(22-27-18)8-10-26-2/h5,7,11-12,14H,3-4,6,8-10H2,1-2H3. The molecule has 8 nitrogen and oxygen atoms in total. The SMILES string of the molecule is COCCc1noc(C2CCCCN2C(=O)c2cc(-c3cccs3)nn2C)n1. The summed E-state index contributed by atoms with van der Waals surface area (Å²) in [6.45, 7) is 1.20. The fourth-order valence-corrected chi connectivity index (χ4v) is 4.17. The van der Waals surface area contributed by atoms with Gasteiger partial charge in [0.25, 0.3) is 5.91 Å². The summed E-state index contributed by atoms with van der Waals surface area (Å²) in [4.78, 5) is 20.7. The lowest BCUT2D eigenvalue weighted by atomic mass is 10.0. The fourth-order valence-electron chi connectivity index (χ4n) is 3.49. The van der Waals surface area contributed by atoms with E-state index in [0.29, 0.717) is 37.0 Å². The zero-order chi connectivity index (χ0) is 19.5. The van der Waals surface area contributed by atoms with Gasteiger partial charge in [0.1, 0.15) is 17.4 Å². The zero-order valence-corrected chi connectivity index (χ0v) is 16.8. The predicted molar refractivity (Wildman–Crippen MR) is 104 cm³/mol. The quantitative estimate of drug-likeness (QED) is 0.631. The van der Waals surface area contributed by atoms with E-state index < -0.39 is 0 Å². The van der Waals surface area contributed by atoms with Gasteiger partial charge in [-0.15, -0.1) is 11.3 Å².